The quantitative estimate of drug-likeness (QED) is 0.460. The van der Waals surface area contributed by atoms with Crippen LogP contribution in [0.15, 0.2) is 48.8 Å². The van der Waals surface area contributed by atoms with Crippen LogP contribution >= 0.6 is 0 Å². The molecular formula is C23H31N5O4. The standard InChI is InChI=1S/C22H29N5O2.CH2O2/c1-23-21(28)13-19-7-8-20(27(19)2)15-26-22(29)17-3-5-18(6-4-17)25-14-16-9-11-24-12-10-16;2-1-3/h3-6,9-12,19-20,25H,7-8,13-15H2,1-2H3,(H,23,28)(H,26,29);1H,(H,2,3)/t19-,20+;/m1./s1. The van der Waals surface area contributed by atoms with Gasteiger partial charge in [0.1, 0.15) is 0 Å². The van der Waals surface area contributed by atoms with Gasteiger partial charge in [-0.15, -0.1) is 0 Å². The number of carboxylic acid groups (broad SMARTS) is 1. The molecule has 9 nitrogen and oxygen atoms in total. The van der Waals surface area contributed by atoms with Crippen LogP contribution in [0.2, 0.25) is 0 Å². The first-order valence-corrected chi connectivity index (χ1v) is 10.5. The smallest absolute Gasteiger partial charge is 0.290 e. The highest BCUT2D eigenvalue weighted by molar-refractivity contribution is 5.94. The second-order valence-electron chi connectivity index (χ2n) is 7.53. The Hall–Kier alpha value is -3.46. The van der Waals surface area contributed by atoms with E-state index in [1.165, 1.54) is 0 Å². The third kappa shape index (κ3) is 7.66. The molecule has 172 valence electrons. The van der Waals surface area contributed by atoms with Crippen molar-refractivity contribution in [3.63, 3.8) is 0 Å². The zero-order chi connectivity index (χ0) is 23.3. The summed E-state index contributed by atoms with van der Waals surface area (Å²) in [7, 11) is 3.69. The van der Waals surface area contributed by atoms with Crippen molar-refractivity contribution in [2.45, 2.75) is 37.9 Å². The Labute approximate surface area is 188 Å². The minimum absolute atomic E-state index is 0.0594. The Morgan fingerprint density at radius 2 is 1.75 bits per heavy atom. The van der Waals surface area contributed by atoms with Crippen molar-refractivity contribution in [3.05, 3.63) is 59.9 Å². The van der Waals surface area contributed by atoms with Gasteiger partial charge < -0.3 is 21.1 Å². The lowest BCUT2D eigenvalue weighted by Crippen LogP contribution is -2.42. The summed E-state index contributed by atoms with van der Waals surface area (Å²) in [5, 5.41) is 15.9. The van der Waals surface area contributed by atoms with E-state index in [1.807, 2.05) is 43.4 Å². The molecule has 32 heavy (non-hydrogen) atoms. The zero-order valence-corrected chi connectivity index (χ0v) is 18.5. The second-order valence-corrected chi connectivity index (χ2v) is 7.53. The molecule has 9 heteroatoms. The van der Waals surface area contributed by atoms with Gasteiger partial charge in [0.15, 0.2) is 0 Å². The summed E-state index contributed by atoms with van der Waals surface area (Å²) in [5.74, 6) is -0.0157. The van der Waals surface area contributed by atoms with Crippen LogP contribution in [0.3, 0.4) is 0 Å². The predicted octanol–water partition coefficient (Wildman–Crippen LogP) is 1.72. The summed E-state index contributed by atoms with van der Waals surface area (Å²) in [5.41, 5.74) is 2.75. The predicted molar refractivity (Wildman–Crippen MR) is 122 cm³/mol. The lowest BCUT2D eigenvalue weighted by Gasteiger charge is -2.25. The summed E-state index contributed by atoms with van der Waals surface area (Å²) in [6.45, 7) is 1.04. The van der Waals surface area contributed by atoms with Crippen molar-refractivity contribution >= 4 is 24.0 Å². The lowest BCUT2D eigenvalue weighted by molar-refractivity contribution is -0.123. The van der Waals surface area contributed by atoms with E-state index in [2.05, 4.69) is 25.8 Å². The highest BCUT2D eigenvalue weighted by Gasteiger charge is 2.31. The fraction of sp³-hybridized carbons (Fsp3) is 0.391. The number of carbonyl (C=O) groups is 3. The van der Waals surface area contributed by atoms with E-state index >= 15 is 0 Å². The normalized spacial score (nSPS) is 17.6. The number of benzene rings is 1. The van der Waals surface area contributed by atoms with Gasteiger partial charge in [0.05, 0.1) is 0 Å². The highest BCUT2D eigenvalue weighted by atomic mass is 16.3. The summed E-state index contributed by atoms with van der Waals surface area (Å²) in [6.07, 6.45) is 6.00. The van der Waals surface area contributed by atoms with Crippen LogP contribution in [-0.2, 0) is 16.1 Å². The van der Waals surface area contributed by atoms with E-state index in [-0.39, 0.29) is 30.4 Å². The molecule has 1 aliphatic heterocycles. The summed E-state index contributed by atoms with van der Waals surface area (Å²) < 4.78 is 0. The molecule has 1 aliphatic rings. The molecule has 1 fully saturated rings. The van der Waals surface area contributed by atoms with Crippen LogP contribution in [0, 0.1) is 0 Å². The van der Waals surface area contributed by atoms with Crippen LogP contribution in [0.25, 0.3) is 0 Å². The molecule has 0 bridgehead atoms. The molecule has 2 heterocycles. The van der Waals surface area contributed by atoms with Gasteiger partial charge in [-0.1, -0.05) is 0 Å². The van der Waals surface area contributed by atoms with Crippen molar-refractivity contribution in [2.75, 3.05) is 26.0 Å². The Kier molecular flexibility index (Phi) is 10.1. The molecule has 1 saturated heterocycles. The number of hydrogen-bond acceptors (Lipinski definition) is 6. The number of rotatable bonds is 8. The van der Waals surface area contributed by atoms with Gasteiger partial charge >= 0.3 is 0 Å². The Balaban J connectivity index is 0.00000114. The molecule has 0 aliphatic carbocycles. The maximum Gasteiger partial charge on any atom is 0.290 e. The number of anilines is 1. The molecule has 3 rings (SSSR count). The highest BCUT2D eigenvalue weighted by Crippen LogP contribution is 2.24. The number of nitrogens with one attached hydrogen (secondary N) is 3. The lowest BCUT2D eigenvalue weighted by atomic mass is 10.1. The van der Waals surface area contributed by atoms with E-state index in [0.717, 1.165) is 24.1 Å². The molecule has 1 aromatic carbocycles. The molecule has 4 N–H and O–H groups in total. The van der Waals surface area contributed by atoms with E-state index in [1.54, 1.807) is 19.4 Å². The van der Waals surface area contributed by atoms with Crippen molar-refractivity contribution in [3.8, 4) is 0 Å². The number of likely N-dealkylation sites (tertiary alicyclic amines) is 1. The fourth-order valence-corrected chi connectivity index (χ4v) is 3.66. The number of amides is 2. The minimum Gasteiger partial charge on any atom is -0.483 e. The molecule has 0 saturated carbocycles. The number of aromatic nitrogens is 1. The number of nitrogens with zero attached hydrogens (tertiary/aromatic N) is 2. The Bertz CT molecular complexity index is 860. The maximum absolute atomic E-state index is 12.5. The van der Waals surface area contributed by atoms with Gasteiger partial charge in [-0.3, -0.25) is 24.3 Å². The number of pyridine rings is 1. The van der Waals surface area contributed by atoms with E-state index in [0.29, 0.717) is 25.1 Å². The fourth-order valence-electron chi connectivity index (χ4n) is 3.66. The van der Waals surface area contributed by atoms with Crippen LogP contribution in [0.4, 0.5) is 5.69 Å². The minimum atomic E-state index is -0.250. The summed E-state index contributed by atoms with van der Waals surface area (Å²) >= 11 is 0. The van der Waals surface area contributed by atoms with Crippen LogP contribution in [0.5, 0.6) is 0 Å². The molecule has 1 aromatic heterocycles. The SMILES string of the molecule is CNC(=O)C[C@H]1CC[C@@H](CNC(=O)c2ccc(NCc3ccncc3)cc2)N1C.O=CO. The van der Waals surface area contributed by atoms with Crippen molar-refractivity contribution in [1.29, 1.82) is 0 Å². The zero-order valence-electron chi connectivity index (χ0n) is 18.5. The second kappa shape index (κ2) is 13.1. The monoisotopic (exact) mass is 441 g/mol. The van der Waals surface area contributed by atoms with Gasteiger partial charge in [0, 0.05) is 62.3 Å². The topological polar surface area (TPSA) is 124 Å². The maximum atomic E-state index is 12.5. The van der Waals surface area contributed by atoms with Gasteiger partial charge in [-0.05, 0) is 61.9 Å². The van der Waals surface area contributed by atoms with Gasteiger partial charge in [-0.25, -0.2) is 0 Å². The molecule has 0 radical (unpaired) electrons. The average Bonchev–Trinajstić information content (AvgIpc) is 3.16. The van der Waals surface area contributed by atoms with E-state index in [4.69, 9.17) is 9.90 Å². The van der Waals surface area contributed by atoms with E-state index < -0.39 is 0 Å². The van der Waals surface area contributed by atoms with Crippen LogP contribution in [0.1, 0.15) is 35.2 Å². The molecule has 2 amide bonds. The third-order valence-corrected chi connectivity index (χ3v) is 5.58. The number of likely N-dealkylation sites (N-methyl/N-ethyl adjacent to an activating group) is 1. The number of carbonyl (C=O) groups excluding carboxylic acids is 2. The summed E-state index contributed by atoms with van der Waals surface area (Å²) in [6, 6.07) is 11.9. The first-order valence-electron chi connectivity index (χ1n) is 10.5. The molecule has 2 aromatic rings. The van der Waals surface area contributed by atoms with Gasteiger partial charge in [0.25, 0.3) is 12.4 Å². The summed E-state index contributed by atoms with van der Waals surface area (Å²) in [4.78, 5) is 38.7. The van der Waals surface area contributed by atoms with E-state index in [9.17, 15) is 9.59 Å². The van der Waals surface area contributed by atoms with Crippen molar-refractivity contribution < 1.29 is 19.5 Å². The molecular weight excluding hydrogens is 410 g/mol. The molecule has 0 spiro atoms. The Morgan fingerprint density at radius 1 is 1.12 bits per heavy atom. The third-order valence-electron chi connectivity index (χ3n) is 5.58. The largest absolute Gasteiger partial charge is 0.483 e. The number of hydrogen-bond donors (Lipinski definition) is 4. The van der Waals surface area contributed by atoms with Crippen LogP contribution < -0.4 is 16.0 Å². The van der Waals surface area contributed by atoms with Gasteiger partial charge in [-0.2, -0.15) is 0 Å². The van der Waals surface area contributed by atoms with Crippen molar-refractivity contribution in [1.82, 2.24) is 20.5 Å². The van der Waals surface area contributed by atoms with Crippen molar-refractivity contribution in [2.24, 2.45) is 0 Å². The first-order chi connectivity index (χ1) is 15.5. The Morgan fingerprint density at radius 3 is 2.38 bits per heavy atom. The van der Waals surface area contributed by atoms with Crippen LogP contribution in [-0.4, -0.2) is 66.0 Å². The molecule has 0 unspecified atom stereocenters. The average molecular weight is 442 g/mol. The molecule has 2 atom stereocenters. The van der Waals surface area contributed by atoms with Gasteiger partial charge in [0.2, 0.25) is 5.91 Å². The first kappa shape index (κ1) is 24.8.